The van der Waals surface area contributed by atoms with Crippen molar-refractivity contribution in [2.75, 3.05) is 27.2 Å². The smallest absolute Gasteiger partial charge is 0.337 e. The summed E-state index contributed by atoms with van der Waals surface area (Å²) in [5, 5.41) is 13.0. The first-order chi connectivity index (χ1) is 13.1. The van der Waals surface area contributed by atoms with E-state index in [2.05, 4.69) is 0 Å². The molecule has 27 heavy (non-hydrogen) atoms. The molecule has 136 valence electrons. The third kappa shape index (κ3) is 3.06. The van der Waals surface area contributed by atoms with Crippen LogP contribution in [-0.4, -0.2) is 48.2 Å². The van der Waals surface area contributed by atoms with E-state index in [4.69, 9.17) is 9.72 Å². The van der Waals surface area contributed by atoms with Crippen LogP contribution in [0.3, 0.4) is 0 Å². The summed E-state index contributed by atoms with van der Waals surface area (Å²) in [6.45, 7) is 1.19. The van der Waals surface area contributed by atoms with Gasteiger partial charge in [0.15, 0.2) is 0 Å². The SMILES string of the molecule is CN(C)CCOc1c2ccccc2cc2nc3ccccc3c(C(=O)O)c12. The van der Waals surface area contributed by atoms with E-state index in [1.807, 2.05) is 67.5 Å². The summed E-state index contributed by atoms with van der Waals surface area (Å²) in [7, 11) is 3.95. The van der Waals surface area contributed by atoms with Crippen LogP contribution in [0, 0.1) is 0 Å². The second kappa shape index (κ2) is 6.85. The fourth-order valence-electron chi connectivity index (χ4n) is 3.38. The standard InChI is InChI=1S/C22H20N2O3/c1-24(2)11-12-27-21-15-8-4-3-7-14(15)13-18-20(21)19(22(25)26)16-9-5-6-10-17(16)23-18/h3-10,13H,11-12H2,1-2H3,(H,25,26). The number of likely N-dealkylation sites (N-methyl/N-ethyl adjacent to an activating group) is 1. The van der Waals surface area contributed by atoms with Crippen molar-refractivity contribution >= 4 is 38.5 Å². The number of carboxylic acids is 1. The van der Waals surface area contributed by atoms with E-state index in [1.54, 1.807) is 6.07 Å². The number of carboxylic acid groups (broad SMARTS) is 1. The van der Waals surface area contributed by atoms with Crippen molar-refractivity contribution in [1.82, 2.24) is 9.88 Å². The third-order valence-electron chi connectivity index (χ3n) is 4.64. The second-order valence-corrected chi connectivity index (χ2v) is 6.78. The van der Waals surface area contributed by atoms with Crippen LogP contribution in [0.2, 0.25) is 0 Å². The van der Waals surface area contributed by atoms with Gasteiger partial charge in [-0.25, -0.2) is 9.78 Å². The second-order valence-electron chi connectivity index (χ2n) is 6.78. The van der Waals surface area contributed by atoms with E-state index in [0.717, 1.165) is 17.3 Å². The molecule has 1 heterocycles. The van der Waals surface area contributed by atoms with Crippen molar-refractivity contribution in [2.24, 2.45) is 0 Å². The lowest BCUT2D eigenvalue weighted by Crippen LogP contribution is -2.19. The Kier molecular flexibility index (Phi) is 4.38. The van der Waals surface area contributed by atoms with Gasteiger partial charge in [-0.3, -0.25) is 0 Å². The molecule has 3 aromatic carbocycles. The van der Waals surface area contributed by atoms with Gasteiger partial charge in [-0.15, -0.1) is 0 Å². The molecule has 0 amide bonds. The summed E-state index contributed by atoms with van der Waals surface area (Å²) in [5.41, 5.74) is 1.53. The number of aromatic carboxylic acids is 1. The molecule has 0 bridgehead atoms. The van der Waals surface area contributed by atoms with Crippen LogP contribution >= 0.6 is 0 Å². The first-order valence-electron chi connectivity index (χ1n) is 8.81. The maximum Gasteiger partial charge on any atom is 0.337 e. The minimum absolute atomic E-state index is 0.237. The van der Waals surface area contributed by atoms with Gasteiger partial charge >= 0.3 is 5.97 Å². The average molecular weight is 360 g/mol. The van der Waals surface area contributed by atoms with Crippen LogP contribution < -0.4 is 4.74 Å². The van der Waals surface area contributed by atoms with Crippen molar-refractivity contribution in [3.05, 3.63) is 60.2 Å². The number of pyridine rings is 1. The molecule has 0 atom stereocenters. The zero-order valence-electron chi connectivity index (χ0n) is 15.3. The summed E-state index contributed by atoms with van der Waals surface area (Å²) in [6, 6.07) is 17.1. The van der Waals surface area contributed by atoms with E-state index in [0.29, 0.717) is 34.2 Å². The number of nitrogens with zero attached hydrogens (tertiary/aromatic N) is 2. The number of carbonyl (C=O) groups is 1. The molecule has 4 aromatic rings. The summed E-state index contributed by atoms with van der Waals surface area (Å²) in [4.78, 5) is 19.0. The quantitative estimate of drug-likeness (QED) is 0.541. The van der Waals surface area contributed by atoms with Gasteiger partial charge in [-0.1, -0.05) is 42.5 Å². The predicted molar refractivity (Wildman–Crippen MR) is 108 cm³/mol. The highest BCUT2D eigenvalue weighted by molar-refractivity contribution is 6.19. The average Bonchev–Trinajstić information content (AvgIpc) is 2.65. The molecule has 0 aliphatic rings. The van der Waals surface area contributed by atoms with Gasteiger partial charge in [0.1, 0.15) is 12.4 Å². The number of ether oxygens (including phenoxy) is 1. The van der Waals surface area contributed by atoms with Crippen LogP contribution in [0.15, 0.2) is 54.6 Å². The van der Waals surface area contributed by atoms with E-state index >= 15 is 0 Å². The van der Waals surface area contributed by atoms with Crippen LogP contribution in [0.4, 0.5) is 0 Å². The summed E-state index contributed by atoms with van der Waals surface area (Å²) in [5.74, 6) is -0.396. The highest BCUT2D eigenvalue weighted by Crippen LogP contribution is 2.38. The zero-order valence-corrected chi connectivity index (χ0v) is 15.3. The normalized spacial score (nSPS) is 11.5. The number of hydrogen-bond donors (Lipinski definition) is 1. The maximum atomic E-state index is 12.2. The van der Waals surface area contributed by atoms with E-state index in [-0.39, 0.29) is 5.56 Å². The van der Waals surface area contributed by atoms with Gasteiger partial charge in [-0.2, -0.15) is 0 Å². The van der Waals surface area contributed by atoms with Crippen molar-refractivity contribution in [1.29, 1.82) is 0 Å². The highest BCUT2D eigenvalue weighted by Gasteiger charge is 2.21. The summed E-state index contributed by atoms with van der Waals surface area (Å²) < 4.78 is 6.14. The Morgan fingerprint density at radius 1 is 1.04 bits per heavy atom. The van der Waals surface area contributed by atoms with Gasteiger partial charge in [0, 0.05) is 17.3 Å². The van der Waals surface area contributed by atoms with Crippen molar-refractivity contribution in [3.8, 4) is 5.75 Å². The Balaban J connectivity index is 2.10. The first kappa shape index (κ1) is 17.2. The van der Waals surface area contributed by atoms with Gasteiger partial charge in [0.05, 0.1) is 22.0 Å². The number of hydrogen-bond acceptors (Lipinski definition) is 4. The van der Waals surface area contributed by atoms with Gasteiger partial charge < -0.3 is 14.7 Å². The van der Waals surface area contributed by atoms with E-state index < -0.39 is 5.97 Å². The molecule has 0 aliphatic heterocycles. The largest absolute Gasteiger partial charge is 0.491 e. The topological polar surface area (TPSA) is 62.7 Å². The number of para-hydroxylation sites is 1. The molecule has 0 saturated carbocycles. The first-order valence-corrected chi connectivity index (χ1v) is 8.81. The van der Waals surface area contributed by atoms with Crippen LogP contribution in [-0.2, 0) is 0 Å². The van der Waals surface area contributed by atoms with Crippen LogP contribution in [0.5, 0.6) is 5.75 Å². The fourth-order valence-corrected chi connectivity index (χ4v) is 3.38. The number of benzene rings is 3. The molecule has 0 fully saturated rings. The van der Waals surface area contributed by atoms with Crippen molar-refractivity contribution < 1.29 is 14.6 Å². The molecule has 0 radical (unpaired) electrons. The van der Waals surface area contributed by atoms with Crippen LogP contribution in [0.1, 0.15) is 10.4 Å². The number of aromatic nitrogens is 1. The Morgan fingerprint density at radius 3 is 2.48 bits per heavy atom. The molecular formula is C22H20N2O3. The molecule has 0 spiro atoms. The van der Waals surface area contributed by atoms with E-state index in [1.165, 1.54) is 0 Å². The van der Waals surface area contributed by atoms with Crippen molar-refractivity contribution in [2.45, 2.75) is 0 Å². The Labute approximate surface area is 156 Å². The highest BCUT2D eigenvalue weighted by atomic mass is 16.5. The Hall–Kier alpha value is -3.18. The minimum atomic E-state index is -0.980. The molecule has 1 aromatic heterocycles. The fraction of sp³-hybridized carbons (Fsp3) is 0.182. The molecule has 1 N–H and O–H groups in total. The summed E-state index contributed by atoms with van der Waals surface area (Å²) >= 11 is 0. The lowest BCUT2D eigenvalue weighted by atomic mass is 9.98. The third-order valence-corrected chi connectivity index (χ3v) is 4.64. The zero-order chi connectivity index (χ0) is 19.0. The van der Waals surface area contributed by atoms with Crippen LogP contribution in [0.25, 0.3) is 32.6 Å². The molecule has 5 heteroatoms. The Bertz CT molecular complexity index is 1160. The molecule has 0 saturated heterocycles. The summed E-state index contributed by atoms with van der Waals surface area (Å²) in [6.07, 6.45) is 0. The molecule has 0 aliphatic carbocycles. The molecular weight excluding hydrogens is 340 g/mol. The number of rotatable bonds is 5. The van der Waals surface area contributed by atoms with Gasteiger partial charge in [-0.05, 0) is 31.6 Å². The lowest BCUT2D eigenvalue weighted by molar-refractivity contribution is 0.0700. The Morgan fingerprint density at radius 2 is 1.74 bits per heavy atom. The maximum absolute atomic E-state index is 12.2. The predicted octanol–water partition coefficient (Wildman–Crippen LogP) is 4.18. The van der Waals surface area contributed by atoms with Crippen molar-refractivity contribution in [3.63, 3.8) is 0 Å². The minimum Gasteiger partial charge on any atom is -0.491 e. The van der Waals surface area contributed by atoms with Gasteiger partial charge in [0.25, 0.3) is 0 Å². The molecule has 5 nitrogen and oxygen atoms in total. The molecule has 4 rings (SSSR count). The lowest BCUT2D eigenvalue weighted by Gasteiger charge is -2.17. The number of fused-ring (bicyclic) bond motifs is 3. The van der Waals surface area contributed by atoms with Gasteiger partial charge in [0.2, 0.25) is 0 Å². The van der Waals surface area contributed by atoms with E-state index in [9.17, 15) is 9.90 Å². The monoisotopic (exact) mass is 360 g/mol. The molecule has 0 unspecified atom stereocenters.